The number of amides is 2. The van der Waals surface area contributed by atoms with E-state index in [1.165, 1.54) is 0 Å². The molecule has 2 aromatic rings. The Hall–Kier alpha value is -2.33. The van der Waals surface area contributed by atoms with Gasteiger partial charge in [0.25, 0.3) is 5.91 Å². The zero-order valence-electron chi connectivity index (χ0n) is 15.0. The molecule has 5 heteroatoms. The number of carbonyl (C=O) groups excluding carboxylic acids is 2. The third-order valence-electron chi connectivity index (χ3n) is 4.66. The predicted octanol–water partition coefficient (Wildman–Crippen LogP) is 4.40. The van der Waals surface area contributed by atoms with Crippen molar-refractivity contribution in [2.24, 2.45) is 5.92 Å². The third-order valence-corrected chi connectivity index (χ3v) is 4.91. The molecule has 0 radical (unpaired) electrons. The number of rotatable bonds is 6. The summed E-state index contributed by atoms with van der Waals surface area (Å²) >= 11 is 5.84. The summed E-state index contributed by atoms with van der Waals surface area (Å²) in [6.07, 6.45) is 1.74. The van der Waals surface area contributed by atoms with Crippen molar-refractivity contribution in [2.45, 2.75) is 32.1 Å². The van der Waals surface area contributed by atoms with E-state index in [4.69, 9.17) is 11.6 Å². The van der Waals surface area contributed by atoms with Gasteiger partial charge in [-0.05, 0) is 60.7 Å². The van der Waals surface area contributed by atoms with Crippen molar-refractivity contribution in [1.82, 2.24) is 5.32 Å². The van der Waals surface area contributed by atoms with Crippen LogP contribution in [0.3, 0.4) is 0 Å². The molecule has 2 aromatic carbocycles. The second kappa shape index (κ2) is 7.50. The molecule has 0 bridgehead atoms. The molecule has 0 atom stereocenters. The van der Waals surface area contributed by atoms with Crippen LogP contribution in [0.5, 0.6) is 0 Å². The lowest BCUT2D eigenvalue weighted by molar-refractivity contribution is -0.123. The van der Waals surface area contributed by atoms with Crippen molar-refractivity contribution in [1.29, 1.82) is 0 Å². The van der Waals surface area contributed by atoms with E-state index in [0.717, 1.165) is 18.4 Å². The van der Waals surface area contributed by atoms with Gasteiger partial charge in [0.15, 0.2) is 0 Å². The fraction of sp³-hybridized carbons (Fsp3) is 0.333. The molecule has 0 heterocycles. The second-order valence-electron chi connectivity index (χ2n) is 7.22. The summed E-state index contributed by atoms with van der Waals surface area (Å²) in [4.78, 5) is 24.8. The average Bonchev–Trinajstić information content (AvgIpc) is 3.42. The number of halogens is 1. The van der Waals surface area contributed by atoms with Gasteiger partial charge in [-0.3, -0.25) is 9.59 Å². The molecule has 0 aromatic heterocycles. The first-order valence-electron chi connectivity index (χ1n) is 8.86. The van der Waals surface area contributed by atoms with E-state index < -0.39 is 5.41 Å². The maximum atomic E-state index is 12.5. The number of carbonyl (C=O) groups is 2. The van der Waals surface area contributed by atoms with Gasteiger partial charge in [-0.2, -0.15) is 0 Å². The van der Waals surface area contributed by atoms with Crippen LogP contribution in [0, 0.1) is 5.92 Å². The Kier molecular flexibility index (Phi) is 5.33. The van der Waals surface area contributed by atoms with E-state index >= 15 is 0 Å². The zero-order valence-corrected chi connectivity index (χ0v) is 15.8. The average molecular weight is 371 g/mol. The number of anilines is 1. The fourth-order valence-corrected chi connectivity index (χ4v) is 3.04. The zero-order chi connectivity index (χ0) is 18.7. The summed E-state index contributed by atoms with van der Waals surface area (Å²) < 4.78 is 0. The minimum Gasteiger partial charge on any atom is -0.355 e. The number of hydrogen-bond donors (Lipinski definition) is 2. The van der Waals surface area contributed by atoms with Crippen molar-refractivity contribution in [3.63, 3.8) is 0 Å². The van der Waals surface area contributed by atoms with Crippen LogP contribution < -0.4 is 10.6 Å². The largest absolute Gasteiger partial charge is 0.355 e. The number of nitrogens with one attached hydrogen (secondary N) is 2. The summed E-state index contributed by atoms with van der Waals surface area (Å²) in [6, 6.07) is 14.3. The smallest absolute Gasteiger partial charge is 0.255 e. The molecule has 1 fully saturated rings. The Bertz CT molecular complexity index is 794. The standard InChI is InChI=1S/C21H23ClN2O2/c1-14(2)13-23-20(26)21(11-12-21)16-5-9-18(10-6-16)24-19(25)15-3-7-17(22)8-4-15/h3-10,14H,11-13H2,1-2H3,(H,23,26)(H,24,25). The van der Waals surface area contributed by atoms with Gasteiger partial charge in [-0.1, -0.05) is 37.6 Å². The SMILES string of the molecule is CC(C)CNC(=O)C1(c2ccc(NC(=O)c3ccc(Cl)cc3)cc2)CC1. The van der Waals surface area contributed by atoms with E-state index in [2.05, 4.69) is 24.5 Å². The van der Waals surface area contributed by atoms with Crippen LogP contribution in [-0.2, 0) is 10.2 Å². The molecule has 1 aliphatic carbocycles. The van der Waals surface area contributed by atoms with Crippen LogP contribution >= 0.6 is 11.6 Å². The van der Waals surface area contributed by atoms with E-state index in [0.29, 0.717) is 28.7 Å². The Balaban J connectivity index is 1.66. The highest BCUT2D eigenvalue weighted by atomic mass is 35.5. The van der Waals surface area contributed by atoms with Crippen molar-refractivity contribution >= 4 is 29.1 Å². The van der Waals surface area contributed by atoms with Gasteiger partial charge < -0.3 is 10.6 Å². The molecule has 136 valence electrons. The van der Waals surface area contributed by atoms with E-state index in [1.54, 1.807) is 24.3 Å². The molecular formula is C21H23ClN2O2. The molecule has 0 aliphatic heterocycles. The maximum Gasteiger partial charge on any atom is 0.255 e. The topological polar surface area (TPSA) is 58.2 Å². The molecule has 0 saturated heterocycles. The molecule has 4 nitrogen and oxygen atoms in total. The lowest BCUT2D eigenvalue weighted by Gasteiger charge is -2.17. The monoisotopic (exact) mass is 370 g/mol. The van der Waals surface area contributed by atoms with Gasteiger partial charge in [-0.25, -0.2) is 0 Å². The highest BCUT2D eigenvalue weighted by Gasteiger charge is 2.51. The molecule has 26 heavy (non-hydrogen) atoms. The van der Waals surface area contributed by atoms with Crippen LogP contribution in [0.25, 0.3) is 0 Å². The van der Waals surface area contributed by atoms with Crippen LogP contribution in [0.1, 0.15) is 42.6 Å². The maximum absolute atomic E-state index is 12.5. The molecule has 2 amide bonds. The Morgan fingerprint density at radius 3 is 2.19 bits per heavy atom. The van der Waals surface area contributed by atoms with Crippen LogP contribution in [0.2, 0.25) is 5.02 Å². The highest BCUT2D eigenvalue weighted by molar-refractivity contribution is 6.30. The van der Waals surface area contributed by atoms with Crippen molar-refractivity contribution in [3.8, 4) is 0 Å². The van der Waals surface area contributed by atoms with Crippen molar-refractivity contribution in [2.75, 3.05) is 11.9 Å². The Labute approximate surface area is 158 Å². The van der Waals surface area contributed by atoms with E-state index in [-0.39, 0.29) is 11.8 Å². The number of benzene rings is 2. The first-order valence-corrected chi connectivity index (χ1v) is 9.24. The van der Waals surface area contributed by atoms with Crippen LogP contribution in [0.4, 0.5) is 5.69 Å². The molecule has 1 saturated carbocycles. The van der Waals surface area contributed by atoms with Gasteiger partial charge in [-0.15, -0.1) is 0 Å². The molecule has 2 N–H and O–H groups in total. The normalized spacial score (nSPS) is 14.8. The van der Waals surface area contributed by atoms with Crippen LogP contribution in [0.15, 0.2) is 48.5 Å². The molecular weight excluding hydrogens is 348 g/mol. The minimum absolute atomic E-state index is 0.101. The molecule has 0 spiro atoms. The lowest BCUT2D eigenvalue weighted by Crippen LogP contribution is -2.36. The third kappa shape index (κ3) is 4.07. The summed E-state index contributed by atoms with van der Waals surface area (Å²) in [7, 11) is 0. The van der Waals surface area contributed by atoms with Gasteiger partial charge >= 0.3 is 0 Å². The van der Waals surface area contributed by atoms with Gasteiger partial charge in [0.1, 0.15) is 0 Å². The first kappa shape index (κ1) is 18.5. The summed E-state index contributed by atoms with van der Waals surface area (Å²) in [6.45, 7) is 4.85. The quantitative estimate of drug-likeness (QED) is 0.791. The van der Waals surface area contributed by atoms with Crippen molar-refractivity contribution in [3.05, 3.63) is 64.7 Å². The van der Waals surface area contributed by atoms with Gasteiger partial charge in [0.2, 0.25) is 5.91 Å². The number of hydrogen-bond acceptors (Lipinski definition) is 2. The minimum atomic E-state index is -0.395. The predicted molar refractivity (Wildman–Crippen MR) is 105 cm³/mol. The molecule has 3 rings (SSSR count). The first-order chi connectivity index (χ1) is 12.4. The molecule has 0 unspecified atom stereocenters. The van der Waals surface area contributed by atoms with Gasteiger partial charge in [0, 0.05) is 22.8 Å². The summed E-state index contributed by atoms with van der Waals surface area (Å²) in [5, 5.41) is 6.49. The van der Waals surface area contributed by atoms with Crippen LogP contribution in [-0.4, -0.2) is 18.4 Å². The summed E-state index contributed by atoms with van der Waals surface area (Å²) in [5.41, 5.74) is 1.86. The summed E-state index contributed by atoms with van der Waals surface area (Å²) in [5.74, 6) is 0.342. The van der Waals surface area contributed by atoms with Crippen molar-refractivity contribution < 1.29 is 9.59 Å². The second-order valence-corrected chi connectivity index (χ2v) is 7.66. The van der Waals surface area contributed by atoms with Gasteiger partial charge in [0.05, 0.1) is 5.41 Å². The fourth-order valence-electron chi connectivity index (χ4n) is 2.91. The lowest BCUT2D eigenvalue weighted by atomic mass is 9.94. The Morgan fingerprint density at radius 1 is 1.04 bits per heavy atom. The van der Waals surface area contributed by atoms with E-state index in [1.807, 2.05) is 24.3 Å². The Morgan fingerprint density at radius 2 is 1.65 bits per heavy atom. The van der Waals surface area contributed by atoms with E-state index in [9.17, 15) is 9.59 Å². The highest BCUT2D eigenvalue weighted by Crippen LogP contribution is 2.48. The molecule has 1 aliphatic rings.